The van der Waals surface area contributed by atoms with Gasteiger partial charge >= 0.3 is 0 Å². The van der Waals surface area contributed by atoms with Gasteiger partial charge in [0.25, 0.3) is 0 Å². The second-order valence-electron chi connectivity index (χ2n) is 2.36. The van der Waals surface area contributed by atoms with Gasteiger partial charge in [0.15, 0.2) is 10.4 Å². The second-order valence-corrected chi connectivity index (χ2v) is 4.20. The number of aryl methyl sites for hydroxylation is 1. The van der Waals surface area contributed by atoms with E-state index < -0.39 is 0 Å². The topological polar surface area (TPSA) is 26.0 Å². The molecule has 0 atom stereocenters. The van der Waals surface area contributed by atoms with E-state index in [-0.39, 0.29) is 0 Å². The third-order valence-electron chi connectivity index (χ3n) is 1.44. The molecule has 2 aromatic heterocycles. The predicted octanol–water partition coefficient (Wildman–Crippen LogP) is 3.47. The molecule has 0 fully saturated rings. The predicted molar refractivity (Wildman–Crippen MR) is 52.3 cm³/mol. The Morgan fingerprint density at radius 3 is 2.83 bits per heavy atom. The molecule has 0 spiro atoms. The van der Waals surface area contributed by atoms with Crippen LogP contribution in [0.5, 0.6) is 0 Å². The van der Waals surface area contributed by atoms with Gasteiger partial charge in [-0.05, 0) is 35.0 Å². The molecule has 0 radical (unpaired) electrons. The highest BCUT2D eigenvalue weighted by molar-refractivity contribution is 9.10. The van der Waals surface area contributed by atoms with Crippen LogP contribution in [-0.2, 0) is 0 Å². The maximum atomic E-state index is 5.34. The van der Waals surface area contributed by atoms with Crippen molar-refractivity contribution in [3.8, 4) is 11.5 Å². The number of thiazole rings is 1. The van der Waals surface area contributed by atoms with Crippen LogP contribution in [0.4, 0.5) is 0 Å². The van der Waals surface area contributed by atoms with Gasteiger partial charge in [-0.3, -0.25) is 0 Å². The van der Waals surface area contributed by atoms with Gasteiger partial charge in [-0.15, -0.1) is 11.3 Å². The summed E-state index contributed by atoms with van der Waals surface area (Å²) in [6.07, 6.45) is 0. The van der Waals surface area contributed by atoms with E-state index >= 15 is 0 Å². The van der Waals surface area contributed by atoms with Crippen LogP contribution in [0.3, 0.4) is 0 Å². The molecule has 0 bridgehead atoms. The Balaban J connectivity index is 2.43. The number of rotatable bonds is 1. The van der Waals surface area contributed by atoms with E-state index in [9.17, 15) is 0 Å². The molecule has 0 saturated carbocycles. The summed E-state index contributed by atoms with van der Waals surface area (Å²) in [5, 5.41) is 3.04. The number of hydrogen-bond acceptors (Lipinski definition) is 3. The Morgan fingerprint density at radius 2 is 2.33 bits per heavy atom. The molecule has 0 saturated heterocycles. The van der Waals surface area contributed by atoms with Gasteiger partial charge in [-0.25, -0.2) is 4.98 Å². The molecule has 0 aliphatic heterocycles. The SMILES string of the molecule is Cc1nc(-c2ccc(Br)o2)cs1. The quantitative estimate of drug-likeness (QED) is 0.767. The molecular formula is C8H6BrNOS. The first kappa shape index (κ1) is 8.01. The Hall–Kier alpha value is -0.610. The van der Waals surface area contributed by atoms with Gasteiger partial charge in [0, 0.05) is 5.38 Å². The summed E-state index contributed by atoms with van der Waals surface area (Å²) in [7, 11) is 0. The molecule has 4 heteroatoms. The van der Waals surface area contributed by atoms with Crippen molar-refractivity contribution in [3.63, 3.8) is 0 Å². The largest absolute Gasteiger partial charge is 0.448 e. The van der Waals surface area contributed by atoms with Crippen LogP contribution in [0.15, 0.2) is 26.6 Å². The summed E-state index contributed by atoms with van der Waals surface area (Å²) in [4.78, 5) is 4.30. The van der Waals surface area contributed by atoms with E-state index in [0.29, 0.717) is 0 Å². The number of halogens is 1. The van der Waals surface area contributed by atoms with Crippen molar-refractivity contribution in [2.45, 2.75) is 6.92 Å². The minimum atomic E-state index is 0.739. The Morgan fingerprint density at radius 1 is 1.50 bits per heavy atom. The molecule has 2 nitrogen and oxygen atoms in total. The molecule has 0 aromatic carbocycles. The highest BCUT2D eigenvalue weighted by atomic mass is 79.9. The van der Waals surface area contributed by atoms with E-state index in [1.165, 1.54) is 0 Å². The van der Waals surface area contributed by atoms with Crippen molar-refractivity contribution in [2.24, 2.45) is 0 Å². The molecule has 2 heterocycles. The highest BCUT2D eigenvalue weighted by Gasteiger charge is 2.05. The Kier molecular flexibility index (Phi) is 2.02. The van der Waals surface area contributed by atoms with Crippen molar-refractivity contribution >= 4 is 27.3 Å². The summed E-state index contributed by atoms with van der Waals surface area (Å²) in [5.41, 5.74) is 0.906. The van der Waals surface area contributed by atoms with Crippen molar-refractivity contribution in [1.82, 2.24) is 4.98 Å². The summed E-state index contributed by atoms with van der Waals surface area (Å²) < 4.78 is 6.08. The van der Waals surface area contributed by atoms with E-state index in [0.717, 1.165) is 21.1 Å². The van der Waals surface area contributed by atoms with Crippen molar-refractivity contribution < 1.29 is 4.42 Å². The highest BCUT2D eigenvalue weighted by Crippen LogP contribution is 2.25. The van der Waals surface area contributed by atoms with Crippen LogP contribution in [0.25, 0.3) is 11.5 Å². The van der Waals surface area contributed by atoms with Crippen LogP contribution in [0.2, 0.25) is 0 Å². The molecule has 2 rings (SSSR count). The summed E-state index contributed by atoms with van der Waals surface area (Å²) in [6, 6.07) is 3.77. The van der Waals surface area contributed by atoms with Gasteiger partial charge in [-0.2, -0.15) is 0 Å². The lowest BCUT2D eigenvalue weighted by Gasteiger charge is -1.86. The van der Waals surface area contributed by atoms with Crippen molar-refractivity contribution in [3.05, 3.63) is 27.2 Å². The first-order valence-electron chi connectivity index (χ1n) is 3.43. The maximum absolute atomic E-state index is 5.34. The molecule has 2 aromatic rings. The van der Waals surface area contributed by atoms with E-state index in [1.807, 2.05) is 24.4 Å². The molecule has 0 aliphatic rings. The van der Waals surface area contributed by atoms with Crippen molar-refractivity contribution in [2.75, 3.05) is 0 Å². The fraction of sp³-hybridized carbons (Fsp3) is 0.125. The average molecular weight is 244 g/mol. The molecule has 12 heavy (non-hydrogen) atoms. The second kappa shape index (κ2) is 3.03. The van der Waals surface area contributed by atoms with E-state index in [2.05, 4.69) is 20.9 Å². The van der Waals surface area contributed by atoms with Crippen LogP contribution >= 0.6 is 27.3 Å². The van der Waals surface area contributed by atoms with Crippen LogP contribution < -0.4 is 0 Å². The number of aromatic nitrogens is 1. The standard InChI is InChI=1S/C8H6BrNOS/c1-5-10-6(4-12-5)7-2-3-8(9)11-7/h2-4H,1H3. The zero-order valence-electron chi connectivity index (χ0n) is 6.37. The lowest BCUT2D eigenvalue weighted by molar-refractivity contribution is 0.554. The lowest BCUT2D eigenvalue weighted by atomic mass is 10.4. The molecule has 62 valence electrons. The smallest absolute Gasteiger partial charge is 0.169 e. The number of furan rings is 1. The number of hydrogen-bond donors (Lipinski definition) is 0. The van der Waals surface area contributed by atoms with Gasteiger partial charge in [0.2, 0.25) is 0 Å². The third-order valence-corrected chi connectivity index (χ3v) is 2.64. The van der Waals surface area contributed by atoms with Crippen molar-refractivity contribution in [1.29, 1.82) is 0 Å². The van der Waals surface area contributed by atoms with Gasteiger partial charge < -0.3 is 4.42 Å². The minimum Gasteiger partial charge on any atom is -0.448 e. The maximum Gasteiger partial charge on any atom is 0.169 e. The lowest BCUT2D eigenvalue weighted by Crippen LogP contribution is -1.72. The molecule has 0 amide bonds. The minimum absolute atomic E-state index is 0.739. The fourth-order valence-electron chi connectivity index (χ4n) is 0.929. The summed E-state index contributed by atoms with van der Waals surface area (Å²) in [6.45, 7) is 1.98. The van der Waals surface area contributed by atoms with Gasteiger partial charge in [0.05, 0.1) is 5.01 Å². The van der Waals surface area contributed by atoms with Gasteiger partial charge in [0.1, 0.15) is 5.69 Å². The van der Waals surface area contributed by atoms with Crippen LogP contribution in [-0.4, -0.2) is 4.98 Å². The van der Waals surface area contributed by atoms with E-state index in [1.54, 1.807) is 11.3 Å². The first-order valence-corrected chi connectivity index (χ1v) is 5.11. The van der Waals surface area contributed by atoms with E-state index in [4.69, 9.17) is 4.42 Å². The molecule has 0 unspecified atom stereocenters. The van der Waals surface area contributed by atoms with Crippen LogP contribution in [0.1, 0.15) is 5.01 Å². The Bertz CT molecular complexity index is 355. The zero-order valence-corrected chi connectivity index (χ0v) is 8.78. The summed E-state index contributed by atoms with van der Waals surface area (Å²) >= 11 is 4.87. The molecule has 0 N–H and O–H groups in total. The summed E-state index contributed by atoms with van der Waals surface area (Å²) in [5.74, 6) is 0.811. The average Bonchev–Trinajstić information content (AvgIpc) is 2.58. The monoisotopic (exact) mass is 243 g/mol. The molecular weight excluding hydrogens is 238 g/mol. The number of nitrogens with zero attached hydrogens (tertiary/aromatic N) is 1. The zero-order chi connectivity index (χ0) is 8.55. The molecule has 0 aliphatic carbocycles. The first-order chi connectivity index (χ1) is 5.75. The Labute approximate surface area is 82.4 Å². The fourth-order valence-corrected chi connectivity index (χ4v) is 1.84. The normalized spacial score (nSPS) is 10.5. The third kappa shape index (κ3) is 1.44. The van der Waals surface area contributed by atoms with Gasteiger partial charge in [-0.1, -0.05) is 0 Å². The van der Waals surface area contributed by atoms with Crippen LogP contribution in [0, 0.1) is 6.92 Å².